The maximum Gasteiger partial charge on any atom is 0.150 e. The third-order valence-electron chi connectivity index (χ3n) is 3.38. The number of rotatable bonds is 4. The lowest BCUT2D eigenvalue weighted by molar-refractivity contribution is 0.112. The quantitative estimate of drug-likeness (QED) is 0.720. The highest BCUT2D eigenvalue weighted by molar-refractivity contribution is 6.33. The molecule has 0 radical (unpaired) electrons. The van der Waals surface area contributed by atoms with Crippen LogP contribution in [0.3, 0.4) is 0 Å². The maximum atomic E-state index is 10.8. The van der Waals surface area contributed by atoms with Crippen molar-refractivity contribution in [2.45, 2.75) is 26.7 Å². The molecule has 0 bridgehead atoms. The molecule has 2 aromatic carbocycles. The van der Waals surface area contributed by atoms with Crippen molar-refractivity contribution >= 4 is 17.9 Å². The molecule has 0 fully saturated rings. The second kappa shape index (κ2) is 6.03. The van der Waals surface area contributed by atoms with Gasteiger partial charge in [0.2, 0.25) is 0 Å². The molecule has 0 saturated heterocycles. The second-order valence-electron chi connectivity index (χ2n) is 4.56. The number of carbonyl (C=O) groups excluding carboxylic acids is 1. The molecule has 0 heterocycles. The van der Waals surface area contributed by atoms with Crippen molar-refractivity contribution in [2.24, 2.45) is 0 Å². The molecule has 1 nitrogen and oxygen atoms in total. The SMILES string of the molecule is CCc1ccc(CC)c(-c2ccc(C=O)cc2Cl)c1. The van der Waals surface area contributed by atoms with Crippen molar-refractivity contribution in [3.8, 4) is 11.1 Å². The van der Waals surface area contributed by atoms with Crippen LogP contribution in [0.4, 0.5) is 0 Å². The van der Waals surface area contributed by atoms with Gasteiger partial charge in [-0.2, -0.15) is 0 Å². The van der Waals surface area contributed by atoms with Crippen LogP contribution in [-0.2, 0) is 12.8 Å². The third kappa shape index (κ3) is 2.87. The average Bonchev–Trinajstić information content (AvgIpc) is 2.46. The number of aryl methyl sites for hydroxylation is 2. The average molecular weight is 273 g/mol. The zero-order valence-corrected chi connectivity index (χ0v) is 12.0. The highest BCUT2D eigenvalue weighted by Gasteiger charge is 2.09. The largest absolute Gasteiger partial charge is 0.298 e. The predicted octanol–water partition coefficient (Wildman–Crippen LogP) is 4.94. The predicted molar refractivity (Wildman–Crippen MR) is 81.0 cm³/mol. The number of aldehydes is 1. The first-order valence-electron chi connectivity index (χ1n) is 6.56. The number of benzene rings is 2. The third-order valence-corrected chi connectivity index (χ3v) is 3.70. The van der Waals surface area contributed by atoms with Crippen molar-refractivity contribution in [1.82, 2.24) is 0 Å². The molecule has 0 N–H and O–H groups in total. The molecule has 19 heavy (non-hydrogen) atoms. The number of hydrogen-bond acceptors (Lipinski definition) is 1. The lowest BCUT2D eigenvalue weighted by Crippen LogP contribution is -1.92. The van der Waals surface area contributed by atoms with Crippen molar-refractivity contribution < 1.29 is 4.79 Å². The topological polar surface area (TPSA) is 17.1 Å². The zero-order valence-electron chi connectivity index (χ0n) is 11.2. The molecule has 2 aromatic rings. The van der Waals surface area contributed by atoms with Crippen LogP contribution in [0.15, 0.2) is 36.4 Å². The van der Waals surface area contributed by atoms with E-state index in [1.165, 1.54) is 16.7 Å². The summed E-state index contributed by atoms with van der Waals surface area (Å²) in [6.07, 6.45) is 2.78. The minimum absolute atomic E-state index is 0.610. The molecule has 0 aromatic heterocycles. The van der Waals surface area contributed by atoms with Crippen LogP contribution in [0.2, 0.25) is 5.02 Å². The van der Waals surface area contributed by atoms with E-state index in [1.807, 2.05) is 12.1 Å². The Bertz CT molecular complexity index is 602. The summed E-state index contributed by atoms with van der Waals surface area (Å²) in [5.74, 6) is 0. The van der Waals surface area contributed by atoms with Crippen LogP contribution in [0.1, 0.15) is 35.3 Å². The Kier molecular flexibility index (Phi) is 4.39. The molecule has 0 spiro atoms. The molecule has 0 saturated carbocycles. The van der Waals surface area contributed by atoms with Crippen LogP contribution in [-0.4, -0.2) is 6.29 Å². The Balaban J connectivity index is 2.59. The summed E-state index contributed by atoms with van der Waals surface area (Å²) < 4.78 is 0. The summed E-state index contributed by atoms with van der Waals surface area (Å²) in [4.78, 5) is 10.8. The van der Waals surface area contributed by atoms with Gasteiger partial charge in [0.15, 0.2) is 0 Å². The van der Waals surface area contributed by atoms with Gasteiger partial charge in [-0.15, -0.1) is 0 Å². The molecule has 0 unspecified atom stereocenters. The van der Waals surface area contributed by atoms with E-state index in [4.69, 9.17) is 11.6 Å². The van der Waals surface area contributed by atoms with Crippen molar-refractivity contribution in [3.63, 3.8) is 0 Å². The van der Waals surface area contributed by atoms with E-state index < -0.39 is 0 Å². The summed E-state index contributed by atoms with van der Waals surface area (Å²) in [5.41, 5.74) is 5.35. The van der Waals surface area contributed by atoms with E-state index in [0.29, 0.717) is 10.6 Å². The van der Waals surface area contributed by atoms with Crippen molar-refractivity contribution in [1.29, 1.82) is 0 Å². The zero-order chi connectivity index (χ0) is 13.8. The van der Waals surface area contributed by atoms with Gasteiger partial charge in [0, 0.05) is 16.1 Å². The van der Waals surface area contributed by atoms with Gasteiger partial charge >= 0.3 is 0 Å². The van der Waals surface area contributed by atoms with Gasteiger partial charge in [0.1, 0.15) is 6.29 Å². The molecule has 2 rings (SSSR count). The molecule has 0 aliphatic carbocycles. The Labute approximate surface area is 119 Å². The first-order valence-corrected chi connectivity index (χ1v) is 6.94. The van der Waals surface area contributed by atoms with E-state index in [1.54, 1.807) is 6.07 Å². The van der Waals surface area contributed by atoms with E-state index in [-0.39, 0.29) is 0 Å². The lowest BCUT2D eigenvalue weighted by atomic mass is 9.94. The van der Waals surface area contributed by atoms with Crippen molar-refractivity contribution in [2.75, 3.05) is 0 Å². The maximum absolute atomic E-state index is 10.8. The monoisotopic (exact) mass is 272 g/mol. The van der Waals surface area contributed by atoms with Crippen LogP contribution in [0.25, 0.3) is 11.1 Å². The molecular formula is C17H17ClO. The summed E-state index contributed by atoms with van der Waals surface area (Å²) >= 11 is 6.31. The Morgan fingerprint density at radius 3 is 2.37 bits per heavy atom. The van der Waals surface area contributed by atoms with Gasteiger partial charge in [-0.1, -0.05) is 55.8 Å². The Hall–Kier alpha value is -1.60. The highest BCUT2D eigenvalue weighted by atomic mass is 35.5. The van der Waals surface area contributed by atoms with Crippen LogP contribution in [0.5, 0.6) is 0 Å². The molecule has 0 aliphatic rings. The summed E-state index contributed by atoms with van der Waals surface area (Å²) in [7, 11) is 0. The Morgan fingerprint density at radius 1 is 1.00 bits per heavy atom. The second-order valence-corrected chi connectivity index (χ2v) is 4.96. The first-order chi connectivity index (χ1) is 9.19. The van der Waals surface area contributed by atoms with Crippen LogP contribution in [0, 0.1) is 0 Å². The van der Waals surface area contributed by atoms with E-state index in [9.17, 15) is 4.79 Å². The summed E-state index contributed by atoms with van der Waals surface area (Å²) in [6, 6.07) is 12.0. The highest BCUT2D eigenvalue weighted by Crippen LogP contribution is 2.32. The van der Waals surface area contributed by atoms with Gasteiger partial charge in [-0.05, 0) is 35.6 Å². The Morgan fingerprint density at radius 2 is 1.79 bits per heavy atom. The summed E-state index contributed by atoms with van der Waals surface area (Å²) in [5, 5.41) is 0.632. The van der Waals surface area contributed by atoms with Gasteiger partial charge in [0.25, 0.3) is 0 Å². The molecule has 2 heteroatoms. The fraction of sp³-hybridized carbons (Fsp3) is 0.235. The minimum atomic E-state index is 0.610. The fourth-order valence-electron chi connectivity index (χ4n) is 2.23. The van der Waals surface area contributed by atoms with E-state index >= 15 is 0 Å². The smallest absolute Gasteiger partial charge is 0.150 e. The number of hydrogen-bond donors (Lipinski definition) is 0. The van der Waals surface area contributed by atoms with Crippen molar-refractivity contribution in [3.05, 3.63) is 58.1 Å². The summed E-state index contributed by atoms with van der Waals surface area (Å²) in [6.45, 7) is 4.28. The van der Waals surface area contributed by atoms with E-state index in [0.717, 1.165) is 24.7 Å². The molecular weight excluding hydrogens is 256 g/mol. The standard InChI is InChI=1S/C17H17ClO/c1-3-12-5-7-14(4-2)16(9-12)15-8-6-13(11-19)10-17(15)18/h5-11H,3-4H2,1-2H3. The van der Waals surface area contributed by atoms with E-state index in [2.05, 4.69) is 32.0 Å². The molecule has 98 valence electrons. The number of halogens is 1. The molecule has 0 atom stereocenters. The molecule has 0 amide bonds. The van der Waals surface area contributed by atoms with Crippen LogP contribution >= 0.6 is 11.6 Å². The first kappa shape index (κ1) is 13.8. The van der Waals surface area contributed by atoms with Gasteiger partial charge in [-0.3, -0.25) is 4.79 Å². The fourth-order valence-corrected chi connectivity index (χ4v) is 2.52. The normalized spacial score (nSPS) is 10.5. The van der Waals surface area contributed by atoms with Gasteiger partial charge < -0.3 is 0 Å². The van der Waals surface area contributed by atoms with Gasteiger partial charge in [0.05, 0.1) is 0 Å². The molecule has 0 aliphatic heterocycles. The van der Waals surface area contributed by atoms with Gasteiger partial charge in [-0.25, -0.2) is 0 Å². The minimum Gasteiger partial charge on any atom is -0.298 e. The lowest BCUT2D eigenvalue weighted by Gasteiger charge is -2.12. The van der Waals surface area contributed by atoms with Crippen LogP contribution < -0.4 is 0 Å². The number of carbonyl (C=O) groups is 1.